The monoisotopic (exact) mass is 355 g/mol. The third kappa shape index (κ3) is 2.88. The van der Waals surface area contributed by atoms with Crippen molar-refractivity contribution < 1.29 is 9.53 Å². The second-order valence-corrected chi connectivity index (χ2v) is 7.05. The predicted octanol–water partition coefficient (Wildman–Crippen LogP) is 0.450. The van der Waals surface area contributed by atoms with Crippen LogP contribution in [0.25, 0.3) is 0 Å². The van der Waals surface area contributed by atoms with Crippen LogP contribution in [-0.2, 0) is 18.2 Å². The summed E-state index contributed by atoms with van der Waals surface area (Å²) in [4.78, 5) is 38.2. The Hall–Kier alpha value is -2.67. The van der Waals surface area contributed by atoms with Gasteiger partial charge in [-0.3, -0.25) is 14.6 Å². The first-order valence-corrected chi connectivity index (χ1v) is 8.81. The Kier molecular flexibility index (Phi) is 4.24. The van der Waals surface area contributed by atoms with Gasteiger partial charge in [0, 0.05) is 37.7 Å². The molecule has 26 heavy (non-hydrogen) atoms. The molecule has 2 aliphatic rings. The molecule has 2 heterocycles. The Labute approximate surface area is 150 Å². The van der Waals surface area contributed by atoms with E-state index in [1.54, 1.807) is 0 Å². The van der Waals surface area contributed by atoms with Gasteiger partial charge < -0.3 is 14.6 Å². The summed E-state index contributed by atoms with van der Waals surface area (Å²) < 4.78 is 7.04. The van der Waals surface area contributed by atoms with Gasteiger partial charge in [0.1, 0.15) is 5.56 Å². The summed E-state index contributed by atoms with van der Waals surface area (Å²) in [6, 6.07) is 10.1. The molecule has 1 aliphatic carbocycles. The number of benzene rings is 1. The lowest BCUT2D eigenvalue weighted by atomic mass is 9.64. The number of fused-ring (bicyclic) bond motifs is 1. The summed E-state index contributed by atoms with van der Waals surface area (Å²) in [6.45, 7) is 0.702. The van der Waals surface area contributed by atoms with Crippen LogP contribution in [0.3, 0.4) is 0 Å². The average Bonchev–Trinajstić information content (AvgIpc) is 3.06. The maximum atomic E-state index is 12.6. The van der Waals surface area contributed by atoms with Crippen molar-refractivity contribution in [3.8, 4) is 0 Å². The highest BCUT2D eigenvalue weighted by atomic mass is 16.5. The lowest BCUT2D eigenvalue weighted by Gasteiger charge is -2.48. The Morgan fingerprint density at radius 3 is 2.85 bits per heavy atom. The minimum atomic E-state index is -0.663. The van der Waals surface area contributed by atoms with Gasteiger partial charge in [-0.25, -0.2) is 4.79 Å². The Balaban J connectivity index is 1.54. The smallest absolute Gasteiger partial charge is 0.328 e. The molecular formula is C19H21N3O4. The van der Waals surface area contributed by atoms with Gasteiger partial charge in [-0.05, 0) is 18.4 Å². The second-order valence-electron chi connectivity index (χ2n) is 7.05. The van der Waals surface area contributed by atoms with Crippen molar-refractivity contribution in [1.29, 1.82) is 0 Å². The summed E-state index contributed by atoms with van der Waals surface area (Å²) in [5, 5.41) is 3.01. The van der Waals surface area contributed by atoms with E-state index in [-0.39, 0.29) is 29.5 Å². The van der Waals surface area contributed by atoms with E-state index in [1.165, 1.54) is 23.4 Å². The number of amides is 1. The molecule has 2 aromatic rings. The molecule has 7 heteroatoms. The standard InChI is InChI=1S/C19H21N3O4/c1-22-10-14(18(24)21-19(22)25)17(23)20-15-12-7-8-26-16(12)13(15)9-11-5-3-2-4-6-11/h2-6,10,12-13,15-16H,7-9H2,1H3,(H,20,23)(H,21,24,25)/t12-,13+,15-,16-/m0/s1. The number of carbonyl (C=O) groups excluding carboxylic acids is 1. The fourth-order valence-electron chi connectivity index (χ4n) is 4.13. The van der Waals surface area contributed by atoms with Crippen molar-refractivity contribution in [2.75, 3.05) is 6.61 Å². The van der Waals surface area contributed by atoms with Crippen molar-refractivity contribution >= 4 is 5.91 Å². The first-order chi connectivity index (χ1) is 12.5. The number of aromatic amines is 1. The SMILES string of the molecule is Cn1cc(C(=O)N[C@@H]2[C@@H](Cc3ccccc3)[C@H]3OCC[C@@H]23)c(=O)[nH]c1=O. The summed E-state index contributed by atoms with van der Waals surface area (Å²) in [5.41, 5.74) is -0.0521. The molecule has 4 rings (SSSR count). The molecule has 0 unspecified atom stereocenters. The maximum absolute atomic E-state index is 12.6. The van der Waals surface area contributed by atoms with E-state index < -0.39 is 17.2 Å². The van der Waals surface area contributed by atoms with Gasteiger partial charge in [-0.2, -0.15) is 0 Å². The summed E-state index contributed by atoms with van der Waals surface area (Å²) in [6.07, 6.45) is 3.16. The van der Waals surface area contributed by atoms with Gasteiger partial charge in [0.2, 0.25) is 0 Å². The third-order valence-corrected chi connectivity index (χ3v) is 5.49. The molecule has 136 valence electrons. The maximum Gasteiger partial charge on any atom is 0.328 e. The highest BCUT2D eigenvalue weighted by Gasteiger charge is 2.54. The van der Waals surface area contributed by atoms with Crippen LogP contribution in [0.1, 0.15) is 22.3 Å². The third-order valence-electron chi connectivity index (χ3n) is 5.49. The number of aryl methyl sites for hydroxylation is 1. The normalized spacial score (nSPS) is 26.8. The number of hydrogen-bond acceptors (Lipinski definition) is 4. The van der Waals surface area contributed by atoms with Crippen LogP contribution in [-0.4, -0.2) is 34.2 Å². The summed E-state index contributed by atoms with van der Waals surface area (Å²) in [5.74, 6) is 0.00926. The first kappa shape index (κ1) is 16.8. The topological polar surface area (TPSA) is 93.2 Å². The minimum Gasteiger partial charge on any atom is -0.377 e. The van der Waals surface area contributed by atoms with Gasteiger partial charge in [0.15, 0.2) is 0 Å². The number of carbonyl (C=O) groups is 1. The highest BCUT2D eigenvalue weighted by molar-refractivity contribution is 5.93. The predicted molar refractivity (Wildman–Crippen MR) is 95.0 cm³/mol. The number of H-pyrrole nitrogens is 1. The van der Waals surface area contributed by atoms with Crippen molar-refractivity contribution in [1.82, 2.24) is 14.9 Å². The zero-order valence-corrected chi connectivity index (χ0v) is 14.5. The minimum absolute atomic E-state index is 0.0353. The molecule has 1 aromatic carbocycles. The summed E-state index contributed by atoms with van der Waals surface area (Å²) in [7, 11) is 1.50. The van der Waals surface area contributed by atoms with Crippen LogP contribution in [0.2, 0.25) is 0 Å². The van der Waals surface area contributed by atoms with Crippen LogP contribution in [0.5, 0.6) is 0 Å². The Morgan fingerprint density at radius 2 is 2.08 bits per heavy atom. The molecule has 7 nitrogen and oxygen atoms in total. The molecule has 1 amide bonds. The molecule has 1 aliphatic heterocycles. The number of nitrogens with one attached hydrogen (secondary N) is 2. The lowest BCUT2D eigenvalue weighted by molar-refractivity contribution is -0.0528. The van der Waals surface area contributed by atoms with Gasteiger partial charge >= 0.3 is 5.69 Å². The van der Waals surface area contributed by atoms with Crippen LogP contribution < -0.4 is 16.6 Å². The number of nitrogens with zero attached hydrogens (tertiary/aromatic N) is 1. The second kappa shape index (κ2) is 6.57. The Morgan fingerprint density at radius 1 is 1.31 bits per heavy atom. The fraction of sp³-hybridized carbons (Fsp3) is 0.421. The van der Waals surface area contributed by atoms with E-state index in [2.05, 4.69) is 22.4 Å². The molecule has 1 saturated heterocycles. The fourth-order valence-corrected chi connectivity index (χ4v) is 4.13. The molecule has 1 saturated carbocycles. The van der Waals surface area contributed by atoms with Crippen LogP contribution in [0, 0.1) is 11.8 Å². The lowest BCUT2D eigenvalue weighted by Crippen LogP contribution is -2.62. The van der Waals surface area contributed by atoms with Crippen LogP contribution in [0.15, 0.2) is 46.1 Å². The quantitative estimate of drug-likeness (QED) is 0.833. The molecular weight excluding hydrogens is 334 g/mol. The van der Waals surface area contributed by atoms with E-state index >= 15 is 0 Å². The Bertz CT molecular complexity index is 934. The zero-order chi connectivity index (χ0) is 18.3. The average molecular weight is 355 g/mol. The molecule has 4 atom stereocenters. The van der Waals surface area contributed by atoms with Gasteiger partial charge in [0.05, 0.1) is 6.10 Å². The van der Waals surface area contributed by atoms with Crippen molar-refractivity contribution in [2.24, 2.45) is 18.9 Å². The van der Waals surface area contributed by atoms with E-state index in [0.717, 1.165) is 12.8 Å². The van der Waals surface area contributed by atoms with Gasteiger partial charge in [-0.15, -0.1) is 0 Å². The molecule has 2 fully saturated rings. The van der Waals surface area contributed by atoms with Gasteiger partial charge in [0.25, 0.3) is 11.5 Å². The summed E-state index contributed by atoms with van der Waals surface area (Å²) >= 11 is 0. The van der Waals surface area contributed by atoms with Gasteiger partial charge in [-0.1, -0.05) is 30.3 Å². The largest absolute Gasteiger partial charge is 0.377 e. The van der Waals surface area contributed by atoms with E-state index in [1.807, 2.05) is 18.2 Å². The van der Waals surface area contributed by atoms with Crippen molar-refractivity contribution in [2.45, 2.75) is 25.0 Å². The number of hydrogen-bond donors (Lipinski definition) is 2. The van der Waals surface area contributed by atoms with Crippen LogP contribution in [0.4, 0.5) is 0 Å². The highest BCUT2D eigenvalue weighted by Crippen LogP contribution is 2.45. The van der Waals surface area contributed by atoms with Crippen molar-refractivity contribution in [3.63, 3.8) is 0 Å². The number of aromatic nitrogens is 2. The molecule has 2 N–H and O–H groups in total. The molecule has 0 spiro atoms. The van der Waals surface area contributed by atoms with E-state index in [9.17, 15) is 14.4 Å². The molecule has 0 bridgehead atoms. The zero-order valence-electron chi connectivity index (χ0n) is 14.5. The molecule has 1 aromatic heterocycles. The van der Waals surface area contributed by atoms with Crippen LogP contribution >= 0.6 is 0 Å². The van der Waals surface area contributed by atoms with E-state index in [4.69, 9.17) is 4.74 Å². The van der Waals surface area contributed by atoms with E-state index in [0.29, 0.717) is 6.61 Å². The number of rotatable bonds is 4. The molecule has 0 radical (unpaired) electrons. The van der Waals surface area contributed by atoms with Crippen molar-refractivity contribution in [3.05, 3.63) is 68.5 Å². The number of ether oxygens (including phenoxy) is 1. The first-order valence-electron chi connectivity index (χ1n) is 8.81.